The maximum absolute atomic E-state index is 11.9. The van der Waals surface area contributed by atoms with Crippen LogP contribution in [0.3, 0.4) is 0 Å². The summed E-state index contributed by atoms with van der Waals surface area (Å²) in [5.74, 6) is 0.865. The van der Waals surface area contributed by atoms with Gasteiger partial charge >= 0.3 is 6.03 Å². The van der Waals surface area contributed by atoms with E-state index in [-0.39, 0.29) is 6.03 Å². The SMILES string of the molecule is CCc1cc(NC(=O)NC2CCCC2)ccc1OC. The van der Waals surface area contributed by atoms with E-state index in [0.717, 1.165) is 36.3 Å². The van der Waals surface area contributed by atoms with Crippen LogP contribution in [0.1, 0.15) is 38.2 Å². The van der Waals surface area contributed by atoms with Crippen LogP contribution >= 0.6 is 0 Å². The third-order valence-electron chi connectivity index (χ3n) is 3.61. The smallest absolute Gasteiger partial charge is 0.319 e. The Labute approximate surface area is 114 Å². The Bertz CT molecular complexity index is 440. The highest BCUT2D eigenvalue weighted by molar-refractivity contribution is 5.89. The molecule has 0 atom stereocenters. The third-order valence-corrected chi connectivity index (χ3v) is 3.61. The van der Waals surface area contributed by atoms with Gasteiger partial charge in [-0.15, -0.1) is 0 Å². The first kappa shape index (κ1) is 13.7. The van der Waals surface area contributed by atoms with Gasteiger partial charge in [0.1, 0.15) is 5.75 Å². The number of anilines is 1. The van der Waals surface area contributed by atoms with Gasteiger partial charge in [0.2, 0.25) is 0 Å². The number of carbonyl (C=O) groups is 1. The largest absolute Gasteiger partial charge is 0.496 e. The van der Waals surface area contributed by atoms with Gasteiger partial charge in [-0.2, -0.15) is 0 Å². The molecule has 1 aromatic rings. The van der Waals surface area contributed by atoms with Crippen LogP contribution in [0.5, 0.6) is 5.75 Å². The average Bonchev–Trinajstić information content (AvgIpc) is 2.91. The molecule has 0 saturated heterocycles. The molecular formula is C15H22N2O2. The predicted molar refractivity (Wildman–Crippen MR) is 76.8 cm³/mol. The lowest BCUT2D eigenvalue weighted by Gasteiger charge is -2.14. The molecule has 1 aliphatic rings. The predicted octanol–water partition coefficient (Wildman–Crippen LogP) is 3.32. The van der Waals surface area contributed by atoms with E-state index < -0.39 is 0 Å². The zero-order valence-corrected chi connectivity index (χ0v) is 11.7. The maximum atomic E-state index is 11.9. The number of ether oxygens (including phenoxy) is 1. The van der Waals surface area contributed by atoms with Gasteiger partial charge in [-0.3, -0.25) is 0 Å². The van der Waals surface area contributed by atoms with Crippen LogP contribution in [0, 0.1) is 0 Å². The number of urea groups is 1. The lowest BCUT2D eigenvalue weighted by Crippen LogP contribution is -2.36. The van der Waals surface area contributed by atoms with Crippen molar-refractivity contribution in [3.63, 3.8) is 0 Å². The molecule has 1 aromatic carbocycles. The molecule has 0 unspecified atom stereocenters. The number of amides is 2. The van der Waals surface area contributed by atoms with Crippen LogP contribution in [-0.4, -0.2) is 19.2 Å². The topological polar surface area (TPSA) is 50.4 Å². The highest BCUT2D eigenvalue weighted by Crippen LogP contribution is 2.23. The zero-order valence-electron chi connectivity index (χ0n) is 11.7. The molecule has 0 spiro atoms. The summed E-state index contributed by atoms with van der Waals surface area (Å²) in [7, 11) is 1.66. The highest BCUT2D eigenvalue weighted by atomic mass is 16.5. The number of benzene rings is 1. The molecule has 1 fully saturated rings. The fraction of sp³-hybridized carbons (Fsp3) is 0.533. The molecular weight excluding hydrogens is 240 g/mol. The van der Waals surface area contributed by atoms with E-state index in [4.69, 9.17) is 4.74 Å². The van der Waals surface area contributed by atoms with E-state index in [1.54, 1.807) is 7.11 Å². The minimum atomic E-state index is -0.112. The highest BCUT2D eigenvalue weighted by Gasteiger charge is 2.17. The molecule has 2 rings (SSSR count). The summed E-state index contributed by atoms with van der Waals surface area (Å²) in [6.45, 7) is 2.07. The van der Waals surface area contributed by atoms with Crippen molar-refractivity contribution >= 4 is 11.7 Å². The first-order valence-corrected chi connectivity index (χ1v) is 6.97. The summed E-state index contributed by atoms with van der Waals surface area (Å²) in [5, 5.41) is 5.90. The molecule has 0 aliphatic heterocycles. The standard InChI is InChI=1S/C15H22N2O2/c1-3-11-10-13(8-9-14(11)19-2)17-15(18)16-12-6-4-5-7-12/h8-10,12H,3-7H2,1-2H3,(H2,16,17,18). The molecule has 0 bridgehead atoms. The van der Waals surface area contributed by atoms with Gasteiger partial charge in [-0.1, -0.05) is 19.8 Å². The van der Waals surface area contributed by atoms with Gasteiger partial charge in [0.25, 0.3) is 0 Å². The summed E-state index contributed by atoms with van der Waals surface area (Å²) >= 11 is 0. The second-order valence-corrected chi connectivity index (χ2v) is 4.96. The Morgan fingerprint density at radius 1 is 1.37 bits per heavy atom. The molecule has 4 heteroatoms. The van der Waals surface area contributed by atoms with Crippen LogP contribution in [0.25, 0.3) is 0 Å². The second kappa shape index (κ2) is 6.45. The van der Waals surface area contributed by atoms with E-state index in [9.17, 15) is 4.79 Å². The molecule has 19 heavy (non-hydrogen) atoms. The number of rotatable bonds is 4. The normalized spacial score (nSPS) is 15.3. The summed E-state index contributed by atoms with van der Waals surface area (Å²) in [6.07, 6.45) is 5.50. The Kier molecular flexibility index (Phi) is 4.66. The van der Waals surface area contributed by atoms with Crippen molar-refractivity contribution in [1.29, 1.82) is 0 Å². The first-order chi connectivity index (χ1) is 9.22. The Morgan fingerprint density at radius 3 is 2.74 bits per heavy atom. The minimum Gasteiger partial charge on any atom is -0.496 e. The Hall–Kier alpha value is -1.71. The van der Waals surface area contributed by atoms with Crippen molar-refractivity contribution in [2.75, 3.05) is 12.4 Å². The van der Waals surface area contributed by atoms with Gasteiger partial charge in [0.05, 0.1) is 7.11 Å². The van der Waals surface area contributed by atoms with E-state index in [1.807, 2.05) is 18.2 Å². The number of hydrogen-bond donors (Lipinski definition) is 2. The molecule has 104 valence electrons. The van der Waals surface area contributed by atoms with Gasteiger partial charge in [-0.25, -0.2) is 4.79 Å². The summed E-state index contributed by atoms with van der Waals surface area (Å²) in [6, 6.07) is 5.95. The van der Waals surface area contributed by atoms with E-state index in [0.29, 0.717) is 6.04 Å². The van der Waals surface area contributed by atoms with Gasteiger partial charge in [0, 0.05) is 11.7 Å². The molecule has 0 heterocycles. The molecule has 2 N–H and O–H groups in total. The number of aryl methyl sites for hydroxylation is 1. The second-order valence-electron chi connectivity index (χ2n) is 4.96. The van der Waals surface area contributed by atoms with E-state index >= 15 is 0 Å². The number of methoxy groups -OCH3 is 1. The quantitative estimate of drug-likeness (QED) is 0.874. The van der Waals surface area contributed by atoms with Gasteiger partial charge < -0.3 is 15.4 Å². The molecule has 0 radical (unpaired) electrons. The van der Waals surface area contributed by atoms with Crippen LogP contribution in [0.4, 0.5) is 10.5 Å². The third kappa shape index (κ3) is 3.63. The molecule has 1 aliphatic carbocycles. The Balaban J connectivity index is 1.96. The van der Waals surface area contributed by atoms with E-state index in [2.05, 4.69) is 17.6 Å². The van der Waals surface area contributed by atoms with Crippen molar-refractivity contribution in [2.45, 2.75) is 45.1 Å². The summed E-state index contributed by atoms with van der Waals surface area (Å²) < 4.78 is 5.28. The van der Waals surface area contributed by atoms with Crippen molar-refractivity contribution in [3.8, 4) is 5.75 Å². The first-order valence-electron chi connectivity index (χ1n) is 6.97. The van der Waals surface area contributed by atoms with Crippen molar-refractivity contribution < 1.29 is 9.53 Å². The lowest BCUT2D eigenvalue weighted by atomic mass is 10.1. The number of carbonyl (C=O) groups excluding carboxylic acids is 1. The van der Waals surface area contributed by atoms with Crippen molar-refractivity contribution in [2.24, 2.45) is 0 Å². The number of nitrogens with one attached hydrogen (secondary N) is 2. The van der Waals surface area contributed by atoms with Crippen molar-refractivity contribution in [3.05, 3.63) is 23.8 Å². The average molecular weight is 262 g/mol. The molecule has 2 amide bonds. The summed E-state index contributed by atoms with van der Waals surface area (Å²) in [4.78, 5) is 11.9. The molecule has 4 nitrogen and oxygen atoms in total. The van der Waals surface area contributed by atoms with Crippen LogP contribution in [0.15, 0.2) is 18.2 Å². The fourth-order valence-electron chi connectivity index (χ4n) is 2.56. The fourth-order valence-corrected chi connectivity index (χ4v) is 2.56. The lowest BCUT2D eigenvalue weighted by molar-refractivity contribution is 0.248. The van der Waals surface area contributed by atoms with Crippen LogP contribution < -0.4 is 15.4 Å². The zero-order chi connectivity index (χ0) is 13.7. The molecule has 0 aromatic heterocycles. The Morgan fingerprint density at radius 2 is 2.11 bits per heavy atom. The monoisotopic (exact) mass is 262 g/mol. The summed E-state index contributed by atoms with van der Waals surface area (Å²) in [5.41, 5.74) is 1.91. The van der Waals surface area contributed by atoms with Crippen LogP contribution in [0.2, 0.25) is 0 Å². The maximum Gasteiger partial charge on any atom is 0.319 e. The number of hydrogen-bond acceptors (Lipinski definition) is 2. The van der Waals surface area contributed by atoms with E-state index in [1.165, 1.54) is 12.8 Å². The van der Waals surface area contributed by atoms with Gasteiger partial charge in [-0.05, 0) is 43.0 Å². The van der Waals surface area contributed by atoms with Gasteiger partial charge in [0.15, 0.2) is 0 Å². The minimum absolute atomic E-state index is 0.112. The van der Waals surface area contributed by atoms with Crippen molar-refractivity contribution in [1.82, 2.24) is 5.32 Å². The molecule has 1 saturated carbocycles. The van der Waals surface area contributed by atoms with Crippen LogP contribution in [-0.2, 0) is 6.42 Å².